The molecular formula is C19H24N2O3S. The number of aryl methyl sites for hydroxylation is 1. The first-order valence-electron chi connectivity index (χ1n) is 8.26. The molecule has 2 aromatic rings. The summed E-state index contributed by atoms with van der Waals surface area (Å²) in [4.78, 5) is 27.3. The van der Waals surface area contributed by atoms with E-state index in [0.717, 1.165) is 10.4 Å². The SMILES string of the molecule is Cc1ccc(CN(C)C(=O)NC(CCC(=O)O)Cc2ccccc2)s1. The van der Waals surface area contributed by atoms with Crippen molar-refractivity contribution in [1.29, 1.82) is 0 Å². The molecule has 2 amide bonds. The standard InChI is InChI=1S/C19H24N2O3S/c1-14-8-10-17(25-14)13-21(2)19(24)20-16(9-11-18(22)23)12-15-6-4-3-5-7-15/h3-8,10,16H,9,11-13H2,1-2H3,(H,20,24)(H,22,23). The monoisotopic (exact) mass is 360 g/mol. The third-order valence-electron chi connectivity index (χ3n) is 3.89. The first kappa shape index (κ1) is 19.0. The van der Waals surface area contributed by atoms with Crippen LogP contribution in [0.15, 0.2) is 42.5 Å². The van der Waals surface area contributed by atoms with Gasteiger partial charge in [0.1, 0.15) is 0 Å². The van der Waals surface area contributed by atoms with Crippen LogP contribution in [0.3, 0.4) is 0 Å². The molecule has 5 nitrogen and oxygen atoms in total. The Balaban J connectivity index is 1.96. The van der Waals surface area contributed by atoms with Gasteiger partial charge in [-0.3, -0.25) is 4.79 Å². The molecule has 0 fully saturated rings. The molecule has 0 aliphatic heterocycles. The van der Waals surface area contributed by atoms with E-state index in [1.54, 1.807) is 23.3 Å². The van der Waals surface area contributed by atoms with E-state index >= 15 is 0 Å². The molecule has 0 saturated heterocycles. The molecule has 134 valence electrons. The van der Waals surface area contributed by atoms with Gasteiger partial charge in [-0.2, -0.15) is 0 Å². The predicted octanol–water partition coefficient (Wildman–Crippen LogP) is 3.67. The minimum absolute atomic E-state index is 0.0333. The van der Waals surface area contributed by atoms with Gasteiger partial charge < -0.3 is 15.3 Å². The molecular weight excluding hydrogens is 336 g/mol. The van der Waals surface area contributed by atoms with Gasteiger partial charge in [0.25, 0.3) is 0 Å². The van der Waals surface area contributed by atoms with Crippen LogP contribution in [0.25, 0.3) is 0 Å². The summed E-state index contributed by atoms with van der Waals surface area (Å²) in [5.74, 6) is -0.852. The zero-order chi connectivity index (χ0) is 18.2. The van der Waals surface area contributed by atoms with Crippen LogP contribution in [0.1, 0.15) is 28.2 Å². The summed E-state index contributed by atoms with van der Waals surface area (Å²) < 4.78 is 0. The average molecular weight is 360 g/mol. The van der Waals surface area contributed by atoms with E-state index < -0.39 is 5.97 Å². The van der Waals surface area contributed by atoms with Crippen molar-refractivity contribution >= 4 is 23.3 Å². The number of hydrogen-bond acceptors (Lipinski definition) is 3. The Labute approximate surface area is 152 Å². The Kier molecular flexibility index (Phi) is 7.01. The number of carbonyl (C=O) groups excluding carboxylic acids is 1. The topological polar surface area (TPSA) is 69.6 Å². The molecule has 2 N–H and O–H groups in total. The molecule has 0 spiro atoms. The molecule has 0 aliphatic rings. The van der Waals surface area contributed by atoms with E-state index in [1.807, 2.05) is 49.4 Å². The lowest BCUT2D eigenvalue weighted by Gasteiger charge is -2.23. The highest BCUT2D eigenvalue weighted by Crippen LogP contribution is 2.17. The van der Waals surface area contributed by atoms with Gasteiger partial charge in [0.2, 0.25) is 0 Å². The molecule has 1 atom stereocenters. The number of benzene rings is 1. The maximum atomic E-state index is 12.5. The van der Waals surface area contributed by atoms with E-state index in [4.69, 9.17) is 5.11 Å². The van der Waals surface area contributed by atoms with Gasteiger partial charge in [-0.05, 0) is 37.5 Å². The van der Waals surface area contributed by atoms with Crippen LogP contribution in [-0.2, 0) is 17.8 Å². The van der Waals surface area contributed by atoms with Crippen molar-refractivity contribution in [2.75, 3.05) is 7.05 Å². The number of carboxylic acid groups (broad SMARTS) is 1. The van der Waals surface area contributed by atoms with Gasteiger partial charge in [0, 0.05) is 29.3 Å². The fourth-order valence-electron chi connectivity index (χ4n) is 2.58. The van der Waals surface area contributed by atoms with Gasteiger partial charge in [-0.25, -0.2) is 4.79 Å². The predicted molar refractivity (Wildman–Crippen MR) is 99.9 cm³/mol. The van der Waals surface area contributed by atoms with Crippen molar-refractivity contribution in [2.24, 2.45) is 0 Å². The quantitative estimate of drug-likeness (QED) is 0.754. The van der Waals surface area contributed by atoms with Crippen molar-refractivity contribution in [3.63, 3.8) is 0 Å². The highest BCUT2D eigenvalue weighted by Gasteiger charge is 2.17. The number of nitrogens with one attached hydrogen (secondary N) is 1. The number of carbonyl (C=O) groups is 2. The van der Waals surface area contributed by atoms with Crippen LogP contribution in [-0.4, -0.2) is 35.1 Å². The molecule has 1 heterocycles. The molecule has 0 aliphatic carbocycles. The Morgan fingerprint density at radius 2 is 1.92 bits per heavy atom. The van der Waals surface area contributed by atoms with E-state index in [2.05, 4.69) is 5.32 Å². The van der Waals surface area contributed by atoms with Crippen molar-refractivity contribution in [3.05, 3.63) is 57.8 Å². The zero-order valence-corrected chi connectivity index (χ0v) is 15.4. The molecule has 0 radical (unpaired) electrons. The minimum Gasteiger partial charge on any atom is -0.481 e. The van der Waals surface area contributed by atoms with Crippen molar-refractivity contribution in [1.82, 2.24) is 10.2 Å². The smallest absolute Gasteiger partial charge is 0.317 e. The maximum absolute atomic E-state index is 12.5. The van der Waals surface area contributed by atoms with E-state index in [0.29, 0.717) is 19.4 Å². The van der Waals surface area contributed by atoms with Crippen molar-refractivity contribution in [3.8, 4) is 0 Å². The summed E-state index contributed by atoms with van der Waals surface area (Å²) in [6, 6.07) is 13.5. The van der Waals surface area contributed by atoms with Gasteiger partial charge in [0.15, 0.2) is 0 Å². The van der Waals surface area contributed by atoms with Gasteiger partial charge in [-0.1, -0.05) is 30.3 Å². The number of thiophene rings is 1. The summed E-state index contributed by atoms with van der Waals surface area (Å²) in [7, 11) is 1.75. The summed E-state index contributed by atoms with van der Waals surface area (Å²) in [6.07, 6.45) is 1.05. The molecule has 1 unspecified atom stereocenters. The second-order valence-electron chi connectivity index (χ2n) is 6.14. The second kappa shape index (κ2) is 9.22. The lowest BCUT2D eigenvalue weighted by molar-refractivity contribution is -0.137. The van der Waals surface area contributed by atoms with Crippen LogP contribution in [0.4, 0.5) is 4.79 Å². The third kappa shape index (κ3) is 6.58. The summed E-state index contributed by atoms with van der Waals surface area (Å²) in [6.45, 7) is 2.58. The first-order valence-corrected chi connectivity index (χ1v) is 9.08. The van der Waals surface area contributed by atoms with Crippen LogP contribution in [0.5, 0.6) is 0 Å². The first-order chi connectivity index (χ1) is 11.9. The summed E-state index contributed by atoms with van der Waals surface area (Å²) in [5.41, 5.74) is 1.08. The third-order valence-corrected chi connectivity index (χ3v) is 4.88. The number of rotatable bonds is 8. The fraction of sp³-hybridized carbons (Fsp3) is 0.368. The van der Waals surface area contributed by atoms with Crippen LogP contribution >= 0.6 is 11.3 Å². The normalized spacial score (nSPS) is 11.8. The van der Waals surface area contributed by atoms with Gasteiger partial charge in [-0.15, -0.1) is 11.3 Å². The summed E-state index contributed by atoms with van der Waals surface area (Å²) in [5, 5.41) is 11.9. The molecule has 0 saturated carbocycles. The fourth-order valence-corrected chi connectivity index (χ4v) is 3.53. The van der Waals surface area contributed by atoms with E-state index in [-0.39, 0.29) is 18.5 Å². The Hall–Kier alpha value is -2.34. The molecule has 6 heteroatoms. The van der Waals surface area contributed by atoms with Gasteiger partial charge >= 0.3 is 12.0 Å². The Morgan fingerprint density at radius 3 is 2.52 bits per heavy atom. The molecule has 0 bridgehead atoms. The Morgan fingerprint density at radius 1 is 1.20 bits per heavy atom. The second-order valence-corrected chi connectivity index (χ2v) is 7.51. The number of aliphatic carboxylic acids is 1. The lowest BCUT2D eigenvalue weighted by Crippen LogP contribution is -2.43. The molecule has 1 aromatic carbocycles. The van der Waals surface area contributed by atoms with Crippen LogP contribution in [0.2, 0.25) is 0 Å². The molecule has 25 heavy (non-hydrogen) atoms. The molecule has 1 aromatic heterocycles. The Bertz CT molecular complexity index is 700. The van der Waals surface area contributed by atoms with E-state index in [9.17, 15) is 9.59 Å². The number of nitrogens with zero attached hydrogens (tertiary/aromatic N) is 1. The highest BCUT2D eigenvalue weighted by atomic mass is 32.1. The minimum atomic E-state index is -0.852. The van der Waals surface area contributed by atoms with Gasteiger partial charge in [0.05, 0.1) is 6.54 Å². The van der Waals surface area contributed by atoms with Crippen LogP contribution < -0.4 is 5.32 Å². The maximum Gasteiger partial charge on any atom is 0.317 e. The van der Waals surface area contributed by atoms with Crippen molar-refractivity contribution < 1.29 is 14.7 Å². The number of urea groups is 1. The number of carboxylic acids is 1. The number of amides is 2. The lowest BCUT2D eigenvalue weighted by atomic mass is 10.0. The molecule has 2 rings (SSSR count). The highest BCUT2D eigenvalue weighted by molar-refractivity contribution is 7.11. The van der Waals surface area contributed by atoms with Crippen molar-refractivity contribution in [2.45, 2.75) is 38.8 Å². The summed E-state index contributed by atoms with van der Waals surface area (Å²) >= 11 is 1.67. The zero-order valence-electron chi connectivity index (χ0n) is 14.6. The van der Waals surface area contributed by atoms with E-state index in [1.165, 1.54) is 4.88 Å². The van der Waals surface area contributed by atoms with Crippen LogP contribution in [0, 0.1) is 6.92 Å². The number of hydrogen-bond donors (Lipinski definition) is 2. The largest absolute Gasteiger partial charge is 0.481 e. The average Bonchev–Trinajstić information content (AvgIpc) is 2.98.